The van der Waals surface area contributed by atoms with E-state index in [2.05, 4.69) is 14.8 Å². The Morgan fingerprint density at radius 1 is 1.08 bits per heavy atom. The van der Waals surface area contributed by atoms with Gasteiger partial charge in [-0.3, -0.25) is 14.3 Å². The maximum Gasteiger partial charge on any atom is 0.325 e. The van der Waals surface area contributed by atoms with E-state index in [1.54, 1.807) is 0 Å². The zero-order chi connectivity index (χ0) is 19.2. The van der Waals surface area contributed by atoms with Gasteiger partial charge in [0.25, 0.3) is 15.9 Å². The first kappa shape index (κ1) is 19.0. The molecule has 26 heavy (non-hydrogen) atoms. The highest BCUT2D eigenvalue weighted by atomic mass is 32.2. The number of carbonyl (C=O) groups is 2. The van der Waals surface area contributed by atoms with E-state index in [0.29, 0.717) is 5.56 Å². The fourth-order valence-corrected chi connectivity index (χ4v) is 3.00. The number of nitrogens with zero attached hydrogens (tertiary/aromatic N) is 1. The van der Waals surface area contributed by atoms with Crippen LogP contribution < -0.4 is 10.0 Å². The van der Waals surface area contributed by atoms with Crippen molar-refractivity contribution in [1.82, 2.24) is 5.32 Å². The quantitative estimate of drug-likeness (QED) is 0.734. The molecule has 0 aliphatic carbocycles. The monoisotopic (exact) mass is 373 g/mol. The van der Waals surface area contributed by atoms with Crippen LogP contribution in [0, 0.1) is 11.3 Å². The fraction of sp³-hybridized carbons (Fsp3) is 0.118. The molecule has 0 spiro atoms. The average molecular weight is 373 g/mol. The molecule has 0 aromatic heterocycles. The number of sulfonamides is 1. The molecular weight excluding hydrogens is 358 g/mol. The molecule has 0 fully saturated rings. The number of hydrogen-bond acceptors (Lipinski definition) is 6. The van der Waals surface area contributed by atoms with Crippen molar-refractivity contribution in [3.63, 3.8) is 0 Å². The molecule has 2 rings (SSSR count). The van der Waals surface area contributed by atoms with Gasteiger partial charge in [-0.1, -0.05) is 0 Å². The van der Waals surface area contributed by atoms with Crippen LogP contribution in [0.15, 0.2) is 53.4 Å². The summed E-state index contributed by atoms with van der Waals surface area (Å²) in [7, 11) is -2.61. The Bertz CT molecular complexity index is 945. The maximum absolute atomic E-state index is 12.3. The van der Waals surface area contributed by atoms with Crippen molar-refractivity contribution < 1.29 is 22.7 Å². The number of anilines is 1. The van der Waals surface area contributed by atoms with Crippen LogP contribution in [0.4, 0.5) is 5.69 Å². The van der Waals surface area contributed by atoms with E-state index in [9.17, 15) is 18.0 Å². The summed E-state index contributed by atoms with van der Waals surface area (Å²) < 4.78 is 31.4. The molecule has 0 heterocycles. The van der Waals surface area contributed by atoms with E-state index in [4.69, 9.17) is 5.26 Å². The Morgan fingerprint density at radius 3 is 2.23 bits per heavy atom. The number of amides is 1. The van der Waals surface area contributed by atoms with Crippen molar-refractivity contribution in [3.05, 3.63) is 59.7 Å². The lowest BCUT2D eigenvalue weighted by Crippen LogP contribution is -2.30. The Kier molecular flexibility index (Phi) is 5.93. The molecule has 9 heteroatoms. The zero-order valence-corrected chi connectivity index (χ0v) is 14.5. The van der Waals surface area contributed by atoms with Crippen LogP contribution in [0.5, 0.6) is 0 Å². The lowest BCUT2D eigenvalue weighted by Gasteiger charge is -2.09. The van der Waals surface area contributed by atoms with E-state index < -0.39 is 21.9 Å². The summed E-state index contributed by atoms with van der Waals surface area (Å²) in [5.41, 5.74) is 0.875. The Labute approximate surface area is 150 Å². The van der Waals surface area contributed by atoms with Crippen LogP contribution in [0.3, 0.4) is 0 Å². The van der Waals surface area contributed by atoms with Gasteiger partial charge in [-0.05, 0) is 48.5 Å². The van der Waals surface area contributed by atoms with Crippen molar-refractivity contribution in [3.8, 4) is 6.07 Å². The van der Waals surface area contributed by atoms with Gasteiger partial charge >= 0.3 is 5.97 Å². The van der Waals surface area contributed by atoms with E-state index in [-0.39, 0.29) is 22.7 Å². The number of methoxy groups -OCH3 is 1. The Hall–Kier alpha value is -3.38. The average Bonchev–Trinajstić information content (AvgIpc) is 2.66. The van der Waals surface area contributed by atoms with E-state index >= 15 is 0 Å². The SMILES string of the molecule is COC(=O)CNC(=O)c1ccc(NS(=O)(=O)c2ccc(C#N)cc2)cc1. The predicted octanol–water partition coefficient (Wildman–Crippen LogP) is 1.26. The van der Waals surface area contributed by atoms with E-state index in [1.165, 1.54) is 55.6 Å². The second-order valence-corrected chi connectivity index (χ2v) is 6.76. The molecule has 0 aliphatic heterocycles. The van der Waals surface area contributed by atoms with Gasteiger partial charge in [0.1, 0.15) is 6.54 Å². The Morgan fingerprint density at radius 2 is 1.69 bits per heavy atom. The lowest BCUT2D eigenvalue weighted by molar-refractivity contribution is -0.139. The number of benzene rings is 2. The van der Waals surface area contributed by atoms with E-state index in [0.717, 1.165) is 0 Å². The molecule has 2 aromatic rings. The number of ether oxygens (including phenoxy) is 1. The lowest BCUT2D eigenvalue weighted by atomic mass is 10.2. The van der Waals surface area contributed by atoms with Crippen molar-refractivity contribution in [2.24, 2.45) is 0 Å². The molecule has 0 saturated carbocycles. The van der Waals surface area contributed by atoms with Gasteiger partial charge in [-0.2, -0.15) is 5.26 Å². The predicted molar refractivity (Wildman–Crippen MR) is 92.8 cm³/mol. The summed E-state index contributed by atoms with van der Waals surface area (Å²) in [6.45, 7) is -0.262. The molecule has 8 nitrogen and oxygen atoms in total. The third-order valence-corrected chi connectivity index (χ3v) is 4.71. The van der Waals surface area contributed by atoms with Crippen LogP contribution in [-0.4, -0.2) is 33.9 Å². The molecular formula is C17H15N3O5S. The molecule has 2 N–H and O–H groups in total. The smallest absolute Gasteiger partial charge is 0.325 e. The summed E-state index contributed by atoms with van der Waals surface area (Å²) in [4.78, 5) is 22.9. The minimum absolute atomic E-state index is 0.0106. The van der Waals surface area contributed by atoms with Crippen LogP contribution in [0.1, 0.15) is 15.9 Å². The second-order valence-electron chi connectivity index (χ2n) is 5.08. The number of nitriles is 1. The number of nitrogens with one attached hydrogen (secondary N) is 2. The van der Waals surface area contributed by atoms with Gasteiger partial charge in [0.2, 0.25) is 0 Å². The topological polar surface area (TPSA) is 125 Å². The molecule has 134 valence electrons. The third-order valence-electron chi connectivity index (χ3n) is 3.31. The first-order valence-corrected chi connectivity index (χ1v) is 8.82. The number of esters is 1. The van der Waals surface area contributed by atoms with Gasteiger partial charge in [0, 0.05) is 11.3 Å². The van der Waals surface area contributed by atoms with Gasteiger partial charge in [-0.25, -0.2) is 8.42 Å². The largest absolute Gasteiger partial charge is 0.468 e. The zero-order valence-electron chi connectivity index (χ0n) is 13.7. The minimum atomic E-state index is -3.82. The van der Waals surface area contributed by atoms with Crippen LogP contribution in [0.25, 0.3) is 0 Å². The second kappa shape index (κ2) is 8.13. The molecule has 2 aromatic carbocycles. The molecule has 0 atom stereocenters. The normalized spacial score (nSPS) is 10.5. The summed E-state index contributed by atoms with van der Waals surface area (Å²) in [5, 5.41) is 11.1. The molecule has 0 bridgehead atoms. The van der Waals surface area contributed by atoms with Gasteiger partial charge in [-0.15, -0.1) is 0 Å². The Balaban J connectivity index is 2.07. The van der Waals surface area contributed by atoms with Crippen molar-refractivity contribution >= 4 is 27.6 Å². The minimum Gasteiger partial charge on any atom is -0.468 e. The highest BCUT2D eigenvalue weighted by molar-refractivity contribution is 7.92. The summed E-state index contributed by atoms with van der Waals surface area (Å²) >= 11 is 0. The van der Waals surface area contributed by atoms with Gasteiger partial charge in [0.15, 0.2) is 0 Å². The third kappa shape index (κ3) is 4.81. The molecule has 0 radical (unpaired) electrons. The number of rotatable bonds is 6. The van der Waals surface area contributed by atoms with Crippen LogP contribution in [0.2, 0.25) is 0 Å². The summed E-state index contributed by atoms with van der Waals surface area (Å²) in [6.07, 6.45) is 0. The van der Waals surface area contributed by atoms with Crippen molar-refractivity contribution in [2.45, 2.75) is 4.90 Å². The number of hydrogen-bond donors (Lipinski definition) is 2. The fourth-order valence-electron chi connectivity index (χ4n) is 1.94. The summed E-state index contributed by atoms with van der Waals surface area (Å²) in [5.74, 6) is -1.07. The van der Waals surface area contributed by atoms with Crippen LogP contribution in [-0.2, 0) is 19.6 Å². The molecule has 0 aliphatic rings. The molecule has 0 saturated heterocycles. The van der Waals surface area contributed by atoms with Gasteiger partial charge in [0.05, 0.1) is 23.6 Å². The van der Waals surface area contributed by atoms with E-state index in [1.807, 2.05) is 6.07 Å². The first-order valence-electron chi connectivity index (χ1n) is 7.34. The molecule has 0 unspecified atom stereocenters. The van der Waals surface area contributed by atoms with Crippen molar-refractivity contribution in [2.75, 3.05) is 18.4 Å². The number of carbonyl (C=O) groups excluding carboxylic acids is 2. The van der Waals surface area contributed by atoms with Crippen LogP contribution >= 0.6 is 0 Å². The highest BCUT2D eigenvalue weighted by Gasteiger charge is 2.15. The first-order chi connectivity index (χ1) is 12.4. The standard InChI is InChI=1S/C17H15N3O5S/c1-25-16(21)11-19-17(22)13-4-6-14(7-5-13)20-26(23,24)15-8-2-12(10-18)3-9-15/h2-9,20H,11H2,1H3,(H,19,22). The molecule has 1 amide bonds. The van der Waals surface area contributed by atoms with Gasteiger partial charge < -0.3 is 10.1 Å². The van der Waals surface area contributed by atoms with Crippen molar-refractivity contribution in [1.29, 1.82) is 5.26 Å². The summed E-state index contributed by atoms with van der Waals surface area (Å²) in [6, 6.07) is 13.1. The maximum atomic E-state index is 12.3. The highest BCUT2D eigenvalue weighted by Crippen LogP contribution is 2.17.